The number of nitrogens with zero attached hydrogens (tertiary/aromatic N) is 2. The number of aromatic nitrogens is 1. The normalized spacial score (nSPS) is 12.6. The van der Waals surface area contributed by atoms with Gasteiger partial charge in [-0.25, -0.2) is 0 Å². The van der Waals surface area contributed by atoms with Crippen molar-refractivity contribution < 1.29 is 0 Å². The smallest absolute Gasteiger partial charge is 0.0714 e. The second kappa shape index (κ2) is 15.3. The van der Waals surface area contributed by atoms with Crippen LogP contribution in [0.2, 0.25) is 0 Å². The van der Waals surface area contributed by atoms with E-state index in [1.165, 1.54) is 88.7 Å². The zero-order chi connectivity index (χ0) is 42.6. The van der Waals surface area contributed by atoms with Crippen LogP contribution in [0.5, 0.6) is 0 Å². The number of anilines is 3. The molecule has 12 rings (SSSR count). The van der Waals surface area contributed by atoms with Gasteiger partial charge < -0.3 is 9.47 Å². The molecule has 0 bridgehead atoms. The Balaban J connectivity index is 1.01. The van der Waals surface area contributed by atoms with Crippen LogP contribution in [0, 0.1) is 6.92 Å². The Morgan fingerprint density at radius 1 is 0.344 bits per heavy atom. The number of para-hydroxylation sites is 1. The van der Waals surface area contributed by atoms with Gasteiger partial charge in [0.25, 0.3) is 0 Å². The third-order valence-corrected chi connectivity index (χ3v) is 13.3. The number of fused-ring (bicyclic) bond motifs is 6. The standard InChI is InChI=1S/C62H44N2/c1-43-16-15-23-52(40-43)64-60-27-14-12-25-56(60)57-41-47(32-39-61(57)64)46-30-35-51(36-31-46)63(50-33-28-45(29-34-50)44-17-5-2-6-18-44)53-37-38-55-54-24-11-13-26-58(54)62(59(55)42-53,48-19-7-3-8-20-48)49-21-9-4-10-22-49/h2-42H,1H3. The van der Waals surface area contributed by atoms with Gasteiger partial charge in [-0.05, 0) is 135 Å². The first kappa shape index (κ1) is 37.6. The molecule has 302 valence electrons. The van der Waals surface area contributed by atoms with E-state index in [0.29, 0.717) is 0 Å². The summed E-state index contributed by atoms with van der Waals surface area (Å²) in [5, 5.41) is 2.50. The molecule has 0 saturated carbocycles. The average molecular weight is 817 g/mol. The molecule has 0 unspecified atom stereocenters. The SMILES string of the molecule is Cc1cccc(-n2c3ccccc3c3cc(-c4ccc(N(c5ccc(-c6ccccc6)cc5)c5ccc6c(c5)C(c5ccccc5)(c5ccccc5)c5ccccc5-6)cc4)ccc32)c1. The van der Waals surface area contributed by atoms with Crippen molar-refractivity contribution in [2.75, 3.05) is 4.90 Å². The molecular formula is C62H44N2. The van der Waals surface area contributed by atoms with Gasteiger partial charge in [0.05, 0.1) is 16.4 Å². The third kappa shape index (κ3) is 6.02. The Hall–Kier alpha value is -8.20. The van der Waals surface area contributed by atoms with Gasteiger partial charge in [0, 0.05) is 33.5 Å². The van der Waals surface area contributed by atoms with Gasteiger partial charge in [-0.15, -0.1) is 0 Å². The van der Waals surface area contributed by atoms with Crippen molar-refractivity contribution in [3.8, 4) is 39.1 Å². The van der Waals surface area contributed by atoms with Crippen LogP contribution in [0.25, 0.3) is 60.9 Å². The van der Waals surface area contributed by atoms with Gasteiger partial charge >= 0.3 is 0 Å². The molecule has 0 saturated heterocycles. The van der Waals surface area contributed by atoms with Crippen LogP contribution < -0.4 is 4.90 Å². The fraction of sp³-hybridized carbons (Fsp3) is 0.0323. The summed E-state index contributed by atoms with van der Waals surface area (Å²) in [4.78, 5) is 2.42. The molecule has 0 fully saturated rings. The quantitative estimate of drug-likeness (QED) is 0.148. The van der Waals surface area contributed by atoms with Crippen LogP contribution in [0.15, 0.2) is 249 Å². The molecule has 2 nitrogen and oxygen atoms in total. The molecule has 64 heavy (non-hydrogen) atoms. The van der Waals surface area contributed by atoms with Crippen molar-refractivity contribution in [3.05, 3.63) is 277 Å². The average Bonchev–Trinajstić information content (AvgIpc) is 3.85. The van der Waals surface area contributed by atoms with E-state index < -0.39 is 5.41 Å². The van der Waals surface area contributed by atoms with Crippen LogP contribution in [0.3, 0.4) is 0 Å². The van der Waals surface area contributed by atoms with Gasteiger partial charge in [0.1, 0.15) is 0 Å². The largest absolute Gasteiger partial charge is 0.310 e. The first-order valence-electron chi connectivity index (χ1n) is 22.2. The fourth-order valence-corrected chi connectivity index (χ4v) is 10.5. The van der Waals surface area contributed by atoms with Crippen molar-refractivity contribution in [2.24, 2.45) is 0 Å². The summed E-state index contributed by atoms with van der Waals surface area (Å²) in [5.41, 5.74) is 20.0. The predicted molar refractivity (Wildman–Crippen MR) is 268 cm³/mol. The summed E-state index contributed by atoms with van der Waals surface area (Å²) >= 11 is 0. The molecular weight excluding hydrogens is 773 g/mol. The molecule has 1 heterocycles. The third-order valence-electron chi connectivity index (χ3n) is 13.3. The van der Waals surface area contributed by atoms with E-state index in [-0.39, 0.29) is 0 Å². The number of hydrogen-bond acceptors (Lipinski definition) is 1. The van der Waals surface area contributed by atoms with Crippen molar-refractivity contribution in [1.29, 1.82) is 0 Å². The number of benzene rings is 10. The number of rotatable bonds is 8. The molecule has 11 aromatic rings. The minimum Gasteiger partial charge on any atom is -0.310 e. The highest BCUT2D eigenvalue weighted by atomic mass is 15.1. The summed E-state index contributed by atoms with van der Waals surface area (Å²) in [6, 6.07) is 91.4. The first-order chi connectivity index (χ1) is 31.6. The highest BCUT2D eigenvalue weighted by molar-refractivity contribution is 6.10. The van der Waals surface area contributed by atoms with Crippen molar-refractivity contribution in [1.82, 2.24) is 4.57 Å². The van der Waals surface area contributed by atoms with Gasteiger partial charge in [0.2, 0.25) is 0 Å². The lowest BCUT2D eigenvalue weighted by Gasteiger charge is -2.35. The molecule has 0 N–H and O–H groups in total. The molecule has 0 radical (unpaired) electrons. The minimum absolute atomic E-state index is 0.502. The number of aryl methyl sites for hydroxylation is 1. The van der Waals surface area contributed by atoms with E-state index in [1.54, 1.807) is 0 Å². The Morgan fingerprint density at radius 2 is 0.875 bits per heavy atom. The summed E-state index contributed by atoms with van der Waals surface area (Å²) in [7, 11) is 0. The Kier molecular flexibility index (Phi) is 8.98. The maximum Gasteiger partial charge on any atom is 0.0714 e. The maximum atomic E-state index is 2.45. The van der Waals surface area contributed by atoms with Gasteiger partial charge in [-0.2, -0.15) is 0 Å². The molecule has 1 aliphatic carbocycles. The number of hydrogen-bond donors (Lipinski definition) is 0. The molecule has 10 aromatic carbocycles. The summed E-state index contributed by atoms with van der Waals surface area (Å²) in [6.07, 6.45) is 0. The van der Waals surface area contributed by atoms with E-state index in [9.17, 15) is 0 Å². The summed E-state index contributed by atoms with van der Waals surface area (Å²) in [6.45, 7) is 2.16. The van der Waals surface area contributed by atoms with E-state index >= 15 is 0 Å². The van der Waals surface area contributed by atoms with E-state index in [0.717, 1.165) is 17.1 Å². The summed E-state index contributed by atoms with van der Waals surface area (Å²) in [5.74, 6) is 0. The second-order valence-electron chi connectivity index (χ2n) is 17.0. The Bertz CT molecular complexity index is 3440. The fourth-order valence-electron chi connectivity index (χ4n) is 10.5. The van der Waals surface area contributed by atoms with Gasteiger partial charge in [-0.3, -0.25) is 0 Å². The highest BCUT2D eigenvalue weighted by Gasteiger charge is 2.46. The van der Waals surface area contributed by atoms with Gasteiger partial charge in [0.15, 0.2) is 0 Å². The van der Waals surface area contributed by atoms with E-state index in [4.69, 9.17) is 0 Å². The van der Waals surface area contributed by atoms with Crippen LogP contribution >= 0.6 is 0 Å². The molecule has 0 amide bonds. The predicted octanol–water partition coefficient (Wildman–Crippen LogP) is 16.3. The zero-order valence-corrected chi connectivity index (χ0v) is 35.6. The topological polar surface area (TPSA) is 8.17 Å². The van der Waals surface area contributed by atoms with Crippen molar-refractivity contribution in [2.45, 2.75) is 12.3 Å². The van der Waals surface area contributed by atoms with E-state index in [2.05, 4.69) is 265 Å². The molecule has 0 spiro atoms. The first-order valence-corrected chi connectivity index (χ1v) is 22.2. The van der Waals surface area contributed by atoms with E-state index in [1.807, 2.05) is 0 Å². The molecule has 0 atom stereocenters. The van der Waals surface area contributed by atoms with Gasteiger partial charge in [-0.1, -0.05) is 182 Å². The highest BCUT2D eigenvalue weighted by Crippen LogP contribution is 2.57. The Labute approximate surface area is 374 Å². The lowest BCUT2D eigenvalue weighted by atomic mass is 9.67. The van der Waals surface area contributed by atoms with Crippen molar-refractivity contribution >= 4 is 38.9 Å². The lowest BCUT2D eigenvalue weighted by Crippen LogP contribution is -2.28. The molecule has 0 aliphatic heterocycles. The maximum absolute atomic E-state index is 2.45. The lowest BCUT2D eigenvalue weighted by molar-refractivity contribution is 0.768. The van der Waals surface area contributed by atoms with Crippen LogP contribution in [-0.2, 0) is 5.41 Å². The van der Waals surface area contributed by atoms with Crippen LogP contribution in [-0.4, -0.2) is 4.57 Å². The monoisotopic (exact) mass is 816 g/mol. The minimum atomic E-state index is -0.502. The second-order valence-corrected chi connectivity index (χ2v) is 17.0. The summed E-state index contributed by atoms with van der Waals surface area (Å²) < 4.78 is 2.39. The van der Waals surface area contributed by atoms with Crippen LogP contribution in [0.4, 0.5) is 17.1 Å². The van der Waals surface area contributed by atoms with Crippen molar-refractivity contribution in [3.63, 3.8) is 0 Å². The van der Waals surface area contributed by atoms with Crippen LogP contribution in [0.1, 0.15) is 27.8 Å². The molecule has 2 heteroatoms. The molecule has 1 aliphatic rings. The zero-order valence-electron chi connectivity index (χ0n) is 35.6. The Morgan fingerprint density at radius 3 is 1.56 bits per heavy atom. The molecule has 1 aromatic heterocycles.